The fraction of sp³-hybridized carbons (Fsp3) is 0.150. The fourth-order valence-electron chi connectivity index (χ4n) is 2.91. The third-order valence-corrected chi connectivity index (χ3v) is 5.43. The molecule has 2 aromatic heterocycles. The summed E-state index contributed by atoms with van der Waals surface area (Å²) >= 11 is 21.9. The number of rotatable bonds is 4. The Kier molecular flexibility index (Phi) is 7.24. The van der Waals surface area contributed by atoms with Crippen molar-refractivity contribution in [1.82, 2.24) is 19.7 Å². The predicted octanol–water partition coefficient (Wildman–Crippen LogP) is 4.89. The summed E-state index contributed by atoms with van der Waals surface area (Å²) in [6, 6.07) is 7.30. The molecule has 8 nitrogen and oxygen atoms in total. The number of carbonyl (C=O) groups is 3. The first-order chi connectivity index (χ1) is 15.0. The Balaban J connectivity index is 2.24. The summed E-state index contributed by atoms with van der Waals surface area (Å²) in [4.78, 5) is 45.3. The average Bonchev–Trinajstić information content (AvgIpc) is 3.10. The molecule has 0 aliphatic heterocycles. The van der Waals surface area contributed by atoms with Crippen LogP contribution in [0.2, 0.25) is 15.1 Å². The van der Waals surface area contributed by atoms with E-state index in [1.54, 1.807) is 12.1 Å². The number of halogens is 4. The van der Waals surface area contributed by atoms with Gasteiger partial charge in [0, 0.05) is 38.3 Å². The maximum absolute atomic E-state index is 13.6. The lowest BCUT2D eigenvalue weighted by molar-refractivity contribution is -0.115. The van der Waals surface area contributed by atoms with Crippen LogP contribution in [0.3, 0.4) is 0 Å². The highest BCUT2D eigenvalue weighted by atomic mass is 79.9. The van der Waals surface area contributed by atoms with Crippen molar-refractivity contribution in [3.63, 3.8) is 0 Å². The summed E-state index contributed by atoms with van der Waals surface area (Å²) in [6.45, 7) is 1.18. The molecular weight excluding hydrogens is 545 g/mol. The summed E-state index contributed by atoms with van der Waals surface area (Å²) in [5.41, 5.74) is -0.151. The standard InChI is InChI=1S/C20H15BrCl3N5O3/c1-10(30)28(17-12(19(31)27(2)3)7-11(22)8-14(17)24)20(32)15-9-16(21)26-29(15)18-13(23)5-4-6-25-18/h4-9H,1-3H3. The minimum atomic E-state index is -0.797. The first kappa shape index (κ1) is 24.2. The number of benzene rings is 1. The third kappa shape index (κ3) is 4.66. The monoisotopic (exact) mass is 557 g/mol. The van der Waals surface area contributed by atoms with Crippen molar-refractivity contribution in [2.75, 3.05) is 19.0 Å². The van der Waals surface area contributed by atoms with Gasteiger partial charge in [0.1, 0.15) is 10.3 Å². The number of nitrogens with zero attached hydrogens (tertiary/aromatic N) is 5. The lowest BCUT2D eigenvalue weighted by Gasteiger charge is -2.24. The molecule has 0 atom stereocenters. The number of hydrogen-bond acceptors (Lipinski definition) is 5. The van der Waals surface area contributed by atoms with Gasteiger partial charge in [0.15, 0.2) is 5.82 Å². The van der Waals surface area contributed by atoms with Gasteiger partial charge in [-0.2, -0.15) is 5.10 Å². The van der Waals surface area contributed by atoms with Crippen molar-refractivity contribution in [1.29, 1.82) is 0 Å². The molecule has 0 spiro atoms. The van der Waals surface area contributed by atoms with Gasteiger partial charge in [0.25, 0.3) is 11.8 Å². The normalized spacial score (nSPS) is 10.7. The number of aromatic nitrogens is 3. The zero-order valence-corrected chi connectivity index (χ0v) is 20.8. The maximum atomic E-state index is 13.6. The number of amides is 3. The van der Waals surface area contributed by atoms with Crippen molar-refractivity contribution in [3.05, 3.63) is 67.5 Å². The number of anilines is 1. The van der Waals surface area contributed by atoms with Crippen molar-refractivity contribution in [2.45, 2.75) is 6.92 Å². The summed E-state index contributed by atoms with van der Waals surface area (Å²) < 4.78 is 1.50. The van der Waals surface area contributed by atoms with Gasteiger partial charge < -0.3 is 4.90 Å². The van der Waals surface area contributed by atoms with Crippen molar-refractivity contribution < 1.29 is 14.4 Å². The lowest BCUT2D eigenvalue weighted by atomic mass is 10.1. The predicted molar refractivity (Wildman–Crippen MR) is 126 cm³/mol. The van der Waals surface area contributed by atoms with E-state index in [4.69, 9.17) is 34.8 Å². The van der Waals surface area contributed by atoms with Crippen LogP contribution >= 0.6 is 50.7 Å². The minimum Gasteiger partial charge on any atom is -0.345 e. The molecule has 0 bridgehead atoms. The Morgan fingerprint density at radius 1 is 1.03 bits per heavy atom. The van der Waals surface area contributed by atoms with Gasteiger partial charge in [-0.25, -0.2) is 14.6 Å². The van der Waals surface area contributed by atoms with Gasteiger partial charge in [-0.05, 0) is 40.2 Å². The highest BCUT2D eigenvalue weighted by molar-refractivity contribution is 9.10. The first-order valence-corrected chi connectivity index (χ1v) is 10.9. The summed E-state index contributed by atoms with van der Waals surface area (Å²) in [5, 5.41) is 4.58. The van der Waals surface area contributed by atoms with E-state index in [1.807, 2.05) is 0 Å². The van der Waals surface area contributed by atoms with E-state index in [2.05, 4.69) is 26.0 Å². The Morgan fingerprint density at radius 2 is 1.72 bits per heavy atom. The SMILES string of the molecule is CC(=O)N(C(=O)c1cc(Br)nn1-c1ncccc1Cl)c1c(Cl)cc(Cl)cc1C(=O)N(C)C. The Morgan fingerprint density at radius 3 is 2.31 bits per heavy atom. The topological polar surface area (TPSA) is 88.4 Å². The Bertz CT molecular complexity index is 1250. The molecule has 0 unspecified atom stereocenters. The van der Waals surface area contributed by atoms with Gasteiger partial charge >= 0.3 is 0 Å². The second-order valence-electron chi connectivity index (χ2n) is 6.72. The molecule has 3 amide bonds. The molecule has 0 aliphatic rings. The molecular formula is C20H15BrCl3N5O3. The molecule has 0 aliphatic carbocycles. The largest absolute Gasteiger partial charge is 0.345 e. The van der Waals surface area contributed by atoms with Crippen LogP contribution in [0.25, 0.3) is 5.82 Å². The average molecular weight is 560 g/mol. The molecule has 12 heteroatoms. The van der Waals surface area contributed by atoms with Crippen LogP contribution in [-0.4, -0.2) is 51.5 Å². The fourth-order valence-corrected chi connectivity index (χ4v) is 4.07. The second kappa shape index (κ2) is 9.58. The highest BCUT2D eigenvalue weighted by Crippen LogP contribution is 2.35. The Labute approximate surface area is 206 Å². The molecule has 3 aromatic rings. The van der Waals surface area contributed by atoms with Crippen LogP contribution in [0, 0.1) is 0 Å². The van der Waals surface area contributed by atoms with E-state index < -0.39 is 17.7 Å². The van der Waals surface area contributed by atoms with Crippen LogP contribution in [0.1, 0.15) is 27.8 Å². The van der Waals surface area contributed by atoms with Gasteiger partial charge in [-0.15, -0.1) is 0 Å². The number of carbonyl (C=O) groups excluding carboxylic acids is 3. The van der Waals surface area contributed by atoms with E-state index in [-0.39, 0.29) is 37.8 Å². The third-order valence-electron chi connectivity index (χ3n) is 4.24. The maximum Gasteiger partial charge on any atom is 0.283 e. The van der Waals surface area contributed by atoms with E-state index in [9.17, 15) is 14.4 Å². The molecule has 32 heavy (non-hydrogen) atoms. The van der Waals surface area contributed by atoms with Gasteiger partial charge in [-0.1, -0.05) is 34.8 Å². The molecule has 0 radical (unpaired) electrons. The van der Waals surface area contributed by atoms with Crippen LogP contribution in [-0.2, 0) is 4.79 Å². The number of imide groups is 1. The minimum absolute atomic E-state index is 0.0166. The lowest BCUT2D eigenvalue weighted by Crippen LogP contribution is -2.38. The van der Waals surface area contributed by atoms with Gasteiger partial charge in [0.05, 0.1) is 21.3 Å². The van der Waals surface area contributed by atoms with Crippen molar-refractivity contribution in [3.8, 4) is 5.82 Å². The van der Waals surface area contributed by atoms with E-state index >= 15 is 0 Å². The Hall–Kier alpha value is -2.46. The second-order valence-corrected chi connectivity index (χ2v) is 8.78. The van der Waals surface area contributed by atoms with Crippen LogP contribution in [0.4, 0.5) is 5.69 Å². The van der Waals surface area contributed by atoms with E-state index in [0.29, 0.717) is 4.60 Å². The molecule has 1 aromatic carbocycles. The molecule has 0 saturated heterocycles. The van der Waals surface area contributed by atoms with Gasteiger partial charge in [0.2, 0.25) is 5.91 Å². The first-order valence-electron chi connectivity index (χ1n) is 8.95. The molecule has 166 valence electrons. The molecule has 2 heterocycles. The van der Waals surface area contributed by atoms with Crippen molar-refractivity contribution >= 4 is 74.1 Å². The highest BCUT2D eigenvalue weighted by Gasteiger charge is 2.32. The zero-order valence-electron chi connectivity index (χ0n) is 16.9. The summed E-state index contributed by atoms with van der Waals surface area (Å²) in [7, 11) is 3.05. The van der Waals surface area contributed by atoms with Gasteiger partial charge in [-0.3, -0.25) is 14.4 Å². The van der Waals surface area contributed by atoms with Crippen molar-refractivity contribution in [2.24, 2.45) is 0 Å². The summed E-state index contributed by atoms with van der Waals surface area (Å²) in [6.07, 6.45) is 1.48. The zero-order chi connectivity index (χ0) is 23.7. The summed E-state index contributed by atoms with van der Waals surface area (Å²) in [5.74, 6) is -1.79. The molecule has 0 N–H and O–H groups in total. The van der Waals surface area contributed by atoms with E-state index in [0.717, 1.165) is 4.90 Å². The van der Waals surface area contributed by atoms with Crippen LogP contribution < -0.4 is 4.90 Å². The molecule has 0 saturated carbocycles. The van der Waals surface area contributed by atoms with E-state index in [1.165, 1.54) is 55.0 Å². The number of hydrogen-bond donors (Lipinski definition) is 0. The quantitative estimate of drug-likeness (QED) is 0.455. The smallest absolute Gasteiger partial charge is 0.283 e. The molecule has 0 fully saturated rings. The van der Waals surface area contributed by atoms with Crippen LogP contribution in [0.15, 0.2) is 41.1 Å². The van der Waals surface area contributed by atoms with Crippen LogP contribution in [0.5, 0.6) is 0 Å². The number of pyridine rings is 1. The molecule has 3 rings (SSSR count).